The molecule has 3 amide bonds. The van der Waals surface area contributed by atoms with Crippen LogP contribution in [0.4, 0.5) is 10.5 Å². The van der Waals surface area contributed by atoms with Gasteiger partial charge >= 0.3 is 12.0 Å². The molecule has 7 nitrogen and oxygen atoms in total. The lowest BCUT2D eigenvalue weighted by molar-refractivity contribution is -0.143. The molecule has 1 aromatic carbocycles. The number of hydrogen-bond donors (Lipinski definition) is 2. The molecular formula is C20H27N3O4. The summed E-state index contributed by atoms with van der Waals surface area (Å²) in [6, 6.07) is 4.99. The lowest BCUT2D eigenvalue weighted by Gasteiger charge is -2.34. The van der Waals surface area contributed by atoms with Gasteiger partial charge in [0, 0.05) is 37.4 Å². The average Bonchev–Trinajstić information content (AvgIpc) is 3.16. The van der Waals surface area contributed by atoms with Gasteiger partial charge in [0.25, 0.3) is 5.91 Å². The summed E-state index contributed by atoms with van der Waals surface area (Å²) < 4.78 is 0. The fourth-order valence-corrected chi connectivity index (χ4v) is 3.93. The van der Waals surface area contributed by atoms with Crippen molar-refractivity contribution in [1.82, 2.24) is 9.80 Å². The summed E-state index contributed by atoms with van der Waals surface area (Å²) in [5, 5.41) is 12.1. The van der Waals surface area contributed by atoms with Gasteiger partial charge < -0.3 is 20.2 Å². The maximum absolute atomic E-state index is 12.6. The summed E-state index contributed by atoms with van der Waals surface area (Å²) >= 11 is 0. The van der Waals surface area contributed by atoms with E-state index in [0.717, 1.165) is 31.5 Å². The molecule has 2 atom stereocenters. The lowest BCUT2D eigenvalue weighted by Crippen LogP contribution is -2.47. The minimum atomic E-state index is -0.861. The number of aryl methyl sites for hydroxylation is 1. The van der Waals surface area contributed by atoms with Crippen molar-refractivity contribution in [2.75, 3.05) is 31.5 Å². The molecule has 0 saturated carbocycles. The largest absolute Gasteiger partial charge is 0.481 e. The molecule has 2 aliphatic heterocycles. The van der Waals surface area contributed by atoms with Crippen LogP contribution in [0.25, 0.3) is 0 Å². The average molecular weight is 373 g/mol. The molecule has 2 aliphatic rings. The van der Waals surface area contributed by atoms with Crippen molar-refractivity contribution >= 4 is 23.6 Å². The third-order valence-corrected chi connectivity index (χ3v) is 5.40. The Bertz CT molecular complexity index is 743. The van der Waals surface area contributed by atoms with Crippen molar-refractivity contribution in [3.8, 4) is 0 Å². The van der Waals surface area contributed by atoms with E-state index in [2.05, 4.69) is 5.32 Å². The number of benzene rings is 1. The highest BCUT2D eigenvalue weighted by Crippen LogP contribution is 2.24. The van der Waals surface area contributed by atoms with E-state index in [1.54, 1.807) is 23.1 Å². The van der Waals surface area contributed by atoms with Crippen LogP contribution in [0.1, 0.15) is 42.1 Å². The highest BCUT2D eigenvalue weighted by molar-refractivity contribution is 5.96. The molecule has 146 valence electrons. The molecule has 0 bridgehead atoms. The van der Waals surface area contributed by atoms with E-state index < -0.39 is 11.9 Å². The maximum atomic E-state index is 12.6. The molecule has 0 radical (unpaired) electrons. The monoisotopic (exact) mass is 373 g/mol. The van der Waals surface area contributed by atoms with Crippen LogP contribution in [0.3, 0.4) is 0 Å². The number of carboxylic acids is 1. The zero-order valence-electron chi connectivity index (χ0n) is 15.9. The zero-order valence-corrected chi connectivity index (χ0v) is 15.9. The first-order chi connectivity index (χ1) is 12.8. The summed E-state index contributed by atoms with van der Waals surface area (Å²) in [4.78, 5) is 39.8. The Kier molecular flexibility index (Phi) is 5.68. The molecule has 2 unspecified atom stereocenters. The van der Waals surface area contributed by atoms with Gasteiger partial charge in [0.1, 0.15) is 0 Å². The number of aliphatic carboxylic acids is 1. The summed E-state index contributed by atoms with van der Waals surface area (Å²) in [5.41, 5.74) is 2.08. The Morgan fingerprint density at radius 3 is 2.44 bits per heavy atom. The maximum Gasteiger partial charge on any atom is 0.321 e. The van der Waals surface area contributed by atoms with Crippen molar-refractivity contribution in [2.45, 2.75) is 33.1 Å². The minimum Gasteiger partial charge on any atom is -0.481 e. The van der Waals surface area contributed by atoms with E-state index >= 15 is 0 Å². The van der Waals surface area contributed by atoms with Crippen molar-refractivity contribution in [2.24, 2.45) is 11.8 Å². The molecule has 7 heteroatoms. The van der Waals surface area contributed by atoms with Crippen LogP contribution in [-0.2, 0) is 4.79 Å². The predicted molar refractivity (Wildman–Crippen MR) is 102 cm³/mol. The Morgan fingerprint density at radius 2 is 1.81 bits per heavy atom. The van der Waals surface area contributed by atoms with Crippen LogP contribution in [0, 0.1) is 18.8 Å². The molecular weight excluding hydrogens is 346 g/mol. The lowest BCUT2D eigenvalue weighted by atomic mass is 9.91. The molecule has 0 aliphatic carbocycles. The first-order valence-electron chi connectivity index (χ1n) is 9.54. The summed E-state index contributed by atoms with van der Waals surface area (Å²) in [7, 11) is 0. The van der Waals surface area contributed by atoms with Gasteiger partial charge in [-0.2, -0.15) is 0 Å². The fourth-order valence-electron chi connectivity index (χ4n) is 3.93. The smallest absolute Gasteiger partial charge is 0.321 e. The fraction of sp³-hybridized carbons (Fsp3) is 0.550. The number of amides is 3. The van der Waals surface area contributed by atoms with Gasteiger partial charge in [-0.1, -0.05) is 6.92 Å². The Hall–Kier alpha value is -2.57. The number of carbonyl (C=O) groups excluding carboxylic acids is 2. The third kappa shape index (κ3) is 4.40. The first-order valence-corrected chi connectivity index (χ1v) is 9.54. The third-order valence-electron chi connectivity index (χ3n) is 5.40. The zero-order chi connectivity index (χ0) is 19.6. The van der Waals surface area contributed by atoms with E-state index in [1.807, 2.05) is 18.7 Å². The predicted octanol–water partition coefficient (Wildman–Crippen LogP) is 2.81. The number of likely N-dealkylation sites (tertiary alicyclic amines) is 2. The quantitative estimate of drug-likeness (QED) is 0.852. The van der Waals surface area contributed by atoms with Crippen molar-refractivity contribution < 1.29 is 19.5 Å². The number of rotatable bonds is 3. The number of hydrogen-bond acceptors (Lipinski definition) is 3. The van der Waals surface area contributed by atoms with Gasteiger partial charge in [0.2, 0.25) is 0 Å². The molecule has 1 aromatic rings. The summed E-state index contributed by atoms with van der Waals surface area (Å²) in [6.45, 7) is 6.17. The number of nitrogens with one attached hydrogen (secondary N) is 1. The number of piperidine rings is 1. The number of carboxylic acid groups (broad SMARTS) is 1. The van der Waals surface area contributed by atoms with Crippen LogP contribution < -0.4 is 5.32 Å². The molecule has 3 rings (SSSR count). The minimum absolute atomic E-state index is 0.0302. The van der Waals surface area contributed by atoms with Crippen LogP contribution in [-0.4, -0.2) is 59.0 Å². The number of urea groups is 1. The van der Waals surface area contributed by atoms with Crippen molar-refractivity contribution in [3.05, 3.63) is 29.3 Å². The SMILES string of the molecule is Cc1cc(C(=O)N2CCCC2)ccc1NC(=O)N1CC(C)CC(C(=O)O)C1. The number of carbonyl (C=O) groups is 3. The topological polar surface area (TPSA) is 90.0 Å². The molecule has 2 heterocycles. The highest BCUT2D eigenvalue weighted by Gasteiger charge is 2.32. The highest BCUT2D eigenvalue weighted by atomic mass is 16.4. The molecule has 0 aromatic heterocycles. The van der Waals surface area contributed by atoms with Gasteiger partial charge in [-0.3, -0.25) is 9.59 Å². The molecule has 2 saturated heterocycles. The summed E-state index contributed by atoms with van der Waals surface area (Å²) in [5.74, 6) is -1.21. The van der Waals surface area contributed by atoms with Crippen molar-refractivity contribution in [1.29, 1.82) is 0 Å². The van der Waals surface area contributed by atoms with Gasteiger partial charge in [0.05, 0.1) is 5.92 Å². The second-order valence-corrected chi connectivity index (χ2v) is 7.74. The van der Waals surface area contributed by atoms with Gasteiger partial charge in [-0.25, -0.2) is 4.79 Å². The van der Waals surface area contributed by atoms with E-state index in [4.69, 9.17) is 0 Å². The molecule has 0 spiro atoms. The second-order valence-electron chi connectivity index (χ2n) is 7.74. The normalized spacial score (nSPS) is 22.6. The van der Waals surface area contributed by atoms with E-state index in [1.165, 1.54) is 0 Å². The van der Waals surface area contributed by atoms with Crippen LogP contribution in [0.15, 0.2) is 18.2 Å². The van der Waals surface area contributed by atoms with Crippen LogP contribution in [0.5, 0.6) is 0 Å². The van der Waals surface area contributed by atoms with Crippen molar-refractivity contribution in [3.63, 3.8) is 0 Å². The number of anilines is 1. The molecule has 2 N–H and O–H groups in total. The van der Waals surface area contributed by atoms with Gasteiger partial charge in [-0.15, -0.1) is 0 Å². The first kappa shape index (κ1) is 19.2. The Balaban J connectivity index is 1.67. The summed E-state index contributed by atoms with van der Waals surface area (Å²) in [6.07, 6.45) is 2.68. The Morgan fingerprint density at radius 1 is 1.11 bits per heavy atom. The van der Waals surface area contributed by atoms with Gasteiger partial charge in [-0.05, 0) is 55.9 Å². The number of nitrogens with zero attached hydrogens (tertiary/aromatic N) is 2. The molecule has 27 heavy (non-hydrogen) atoms. The Labute approximate surface area is 159 Å². The molecule has 2 fully saturated rings. The van der Waals surface area contributed by atoms with Crippen LogP contribution in [0.2, 0.25) is 0 Å². The second kappa shape index (κ2) is 7.98. The standard InChI is InChI=1S/C20H27N3O4/c1-13-9-16(19(25)26)12-23(11-13)20(27)21-17-6-5-15(10-14(17)2)18(24)22-7-3-4-8-22/h5-6,10,13,16H,3-4,7-9,11-12H2,1-2H3,(H,21,27)(H,25,26). The van der Waals surface area contributed by atoms with Crippen LogP contribution >= 0.6 is 0 Å². The van der Waals surface area contributed by atoms with E-state index in [9.17, 15) is 19.5 Å². The van der Waals surface area contributed by atoms with E-state index in [0.29, 0.717) is 24.2 Å². The van der Waals surface area contributed by atoms with E-state index in [-0.39, 0.29) is 24.4 Å². The van der Waals surface area contributed by atoms with Gasteiger partial charge in [0.15, 0.2) is 0 Å².